The van der Waals surface area contributed by atoms with E-state index in [1.807, 2.05) is 39.0 Å². The second-order valence-electron chi connectivity index (χ2n) is 10.2. The first kappa shape index (κ1) is 32.2. The molecule has 9 nitrogen and oxygen atoms in total. The molecule has 236 valence electrons. The van der Waals surface area contributed by atoms with E-state index in [9.17, 15) is 18.1 Å². The van der Waals surface area contributed by atoms with E-state index in [1.54, 1.807) is 54.6 Å². The van der Waals surface area contributed by atoms with Crippen molar-refractivity contribution in [1.29, 1.82) is 0 Å². The Bertz CT molecular complexity index is 1710. The second kappa shape index (κ2) is 12.7. The molecule has 1 aliphatic rings. The van der Waals surface area contributed by atoms with Crippen molar-refractivity contribution < 1.29 is 40.7 Å². The fourth-order valence-corrected chi connectivity index (χ4v) is 15.2. The van der Waals surface area contributed by atoms with Crippen LogP contribution in [0.1, 0.15) is 22.3 Å². The van der Waals surface area contributed by atoms with E-state index < -0.39 is 35.4 Å². The molecule has 0 spiro atoms. The predicted octanol–water partition coefficient (Wildman–Crippen LogP) is 8.84. The summed E-state index contributed by atoms with van der Waals surface area (Å²) in [6.45, 7) is 5.58. The third-order valence-electron chi connectivity index (χ3n) is 6.30. The van der Waals surface area contributed by atoms with Gasteiger partial charge in [0.15, 0.2) is 0 Å². The van der Waals surface area contributed by atoms with E-state index in [4.69, 9.17) is 22.6 Å². The van der Waals surface area contributed by atoms with Crippen LogP contribution in [0.25, 0.3) is 0 Å². The molecule has 15 heteroatoms. The Morgan fingerprint density at radius 3 is 1.70 bits per heavy atom. The number of hydrogen-bond acceptors (Lipinski definition) is 8. The predicted molar refractivity (Wildman–Crippen MR) is 169 cm³/mol. The monoisotopic (exact) mass is 669 g/mol. The minimum atomic E-state index is -4.63. The summed E-state index contributed by atoms with van der Waals surface area (Å²) >= 11 is 0. The van der Waals surface area contributed by atoms with Gasteiger partial charge in [-0.15, -0.1) is 0 Å². The Hall–Kier alpha value is -3.20. The van der Waals surface area contributed by atoms with Gasteiger partial charge in [-0.25, -0.2) is 0 Å². The molecule has 0 saturated carbocycles. The number of rotatable bonds is 9. The third kappa shape index (κ3) is 7.89. The Morgan fingerprint density at radius 2 is 1.18 bits per heavy atom. The van der Waals surface area contributed by atoms with E-state index in [0.29, 0.717) is 11.5 Å². The summed E-state index contributed by atoms with van der Waals surface area (Å²) in [6.07, 6.45) is -4.63. The van der Waals surface area contributed by atoms with Crippen LogP contribution in [0, 0.1) is 20.8 Å². The van der Waals surface area contributed by atoms with Gasteiger partial charge in [0.2, 0.25) is 0 Å². The zero-order valence-corrected chi connectivity index (χ0v) is 27.1. The Labute approximate surface area is 254 Å². The SMILES string of the molecule is CO[PH]1(Oc2cccc(C)c2)N=P(O)(Oc2cccc(C)c2)N[PH](Oc2cccc(C)c2)(Oc2cccc(C(F)(F)F)c2)N1. The molecule has 0 bridgehead atoms. The van der Waals surface area contributed by atoms with Crippen LogP contribution in [0.3, 0.4) is 0 Å². The van der Waals surface area contributed by atoms with E-state index in [-0.39, 0.29) is 11.5 Å². The molecule has 0 fully saturated rings. The molecule has 0 radical (unpaired) electrons. The summed E-state index contributed by atoms with van der Waals surface area (Å²) in [5, 5.41) is 0. The van der Waals surface area contributed by atoms with Gasteiger partial charge in [0.25, 0.3) is 0 Å². The van der Waals surface area contributed by atoms with Crippen LogP contribution < -0.4 is 27.8 Å². The van der Waals surface area contributed by atoms with E-state index >= 15 is 0 Å². The number of aryl methyl sites for hydroxylation is 3. The minimum absolute atomic E-state index is 0.183. The topological polar surface area (TPSA) is 103 Å². The summed E-state index contributed by atoms with van der Waals surface area (Å²) in [6, 6.07) is 25.4. The van der Waals surface area contributed by atoms with E-state index in [2.05, 4.69) is 14.2 Å². The number of nitrogens with one attached hydrogen (secondary N) is 2. The van der Waals surface area contributed by atoms with Gasteiger partial charge in [-0.05, 0) is 0 Å². The van der Waals surface area contributed by atoms with Crippen molar-refractivity contribution in [3.63, 3.8) is 0 Å². The van der Waals surface area contributed by atoms with Gasteiger partial charge in [-0.3, -0.25) is 0 Å². The van der Waals surface area contributed by atoms with Crippen LogP contribution in [-0.4, -0.2) is 12.0 Å². The van der Waals surface area contributed by atoms with Crippen LogP contribution in [0.4, 0.5) is 13.2 Å². The van der Waals surface area contributed by atoms with E-state index in [1.165, 1.54) is 19.2 Å². The van der Waals surface area contributed by atoms with Gasteiger partial charge in [-0.1, -0.05) is 0 Å². The zero-order valence-electron chi connectivity index (χ0n) is 24.3. The number of halogens is 3. The molecule has 0 amide bonds. The molecule has 1 aliphatic heterocycles. The van der Waals surface area contributed by atoms with Crippen LogP contribution in [0.2, 0.25) is 0 Å². The van der Waals surface area contributed by atoms with E-state index in [0.717, 1.165) is 28.8 Å². The summed E-state index contributed by atoms with van der Waals surface area (Å²) < 4.78 is 76.7. The van der Waals surface area contributed by atoms with Crippen LogP contribution in [-0.2, 0) is 10.7 Å². The zero-order chi connectivity index (χ0) is 31.6. The molecule has 0 saturated heterocycles. The standard InChI is InChI=1S/C29H33F3N3O6P3/c1-21-9-5-13-25(17-21)38-42(36)33-43(37-4,39-26-14-6-10-22(2)18-26)35-44(34-42,40-27-15-7-11-23(3)19-27)41-28-16-8-12-24(20-28)29(30,31)32/h5-20,34-36,43-44H,1-4H3. The first-order chi connectivity index (χ1) is 20.8. The molecular formula is C29H33F3N3O6P3. The van der Waals surface area contributed by atoms with Crippen molar-refractivity contribution in [2.75, 3.05) is 7.11 Å². The first-order valence-corrected chi connectivity index (χ1v) is 18.6. The quantitative estimate of drug-likeness (QED) is 0.152. The fourth-order valence-electron chi connectivity index (χ4n) is 4.40. The van der Waals surface area contributed by atoms with Crippen LogP contribution >= 0.6 is 23.7 Å². The number of alkyl halides is 3. The summed E-state index contributed by atoms with van der Waals surface area (Å²) in [5.41, 5.74) is 1.66. The Morgan fingerprint density at radius 1 is 0.705 bits per heavy atom. The van der Waals surface area contributed by atoms with Gasteiger partial charge >= 0.3 is 255 Å². The molecular weight excluding hydrogens is 636 g/mol. The van der Waals surface area contributed by atoms with Gasteiger partial charge in [0, 0.05) is 0 Å². The molecule has 4 aromatic rings. The van der Waals surface area contributed by atoms with Crippen molar-refractivity contribution in [2.24, 2.45) is 4.52 Å². The van der Waals surface area contributed by atoms with Crippen molar-refractivity contribution in [1.82, 2.24) is 9.72 Å². The summed E-state index contributed by atoms with van der Waals surface area (Å²) in [5.74, 6) is 0.780. The average molecular weight is 670 g/mol. The van der Waals surface area contributed by atoms with Crippen molar-refractivity contribution >= 4 is 23.7 Å². The average Bonchev–Trinajstić information content (AvgIpc) is 2.92. The number of hydrogen-bond donors (Lipinski definition) is 3. The van der Waals surface area contributed by atoms with Gasteiger partial charge in [0.05, 0.1) is 0 Å². The van der Waals surface area contributed by atoms with Crippen molar-refractivity contribution in [2.45, 2.75) is 26.9 Å². The summed E-state index contributed by atoms with van der Waals surface area (Å²) in [4.78, 5) is 18.2. The van der Waals surface area contributed by atoms with Crippen LogP contribution in [0.5, 0.6) is 23.0 Å². The Kier molecular flexibility index (Phi) is 9.26. The second-order valence-corrected chi connectivity index (χ2v) is 17.5. The van der Waals surface area contributed by atoms with Gasteiger partial charge in [0.1, 0.15) is 0 Å². The molecule has 0 aliphatic carbocycles. The molecule has 1 unspecified atom stereocenters. The molecule has 44 heavy (non-hydrogen) atoms. The van der Waals surface area contributed by atoms with Crippen molar-refractivity contribution in [3.8, 4) is 23.0 Å². The molecule has 3 N–H and O–H groups in total. The molecule has 5 rings (SSSR count). The first-order valence-electron chi connectivity index (χ1n) is 13.4. The molecule has 4 aromatic carbocycles. The third-order valence-corrected chi connectivity index (χ3v) is 15.9. The molecule has 0 aromatic heterocycles. The van der Waals surface area contributed by atoms with Gasteiger partial charge < -0.3 is 0 Å². The maximum atomic E-state index is 13.7. The molecule has 1 atom stereocenters. The maximum absolute atomic E-state index is 13.7. The normalized spacial score (nSPS) is 20.5. The number of benzene rings is 4. The molecule has 1 heterocycles. The van der Waals surface area contributed by atoms with Crippen LogP contribution in [0.15, 0.2) is 102 Å². The fraction of sp³-hybridized carbons (Fsp3) is 0.172. The van der Waals surface area contributed by atoms with Gasteiger partial charge in [-0.2, -0.15) is 0 Å². The van der Waals surface area contributed by atoms with Crippen molar-refractivity contribution in [3.05, 3.63) is 119 Å². The summed E-state index contributed by atoms with van der Waals surface area (Å²) in [7, 11) is -11.3. The number of nitrogens with zero attached hydrogens (tertiary/aromatic N) is 1. The Balaban J connectivity index is 1.67.